The van der Waals surface area contributed by atoms with Crippen LogP contribution in [0.1, 0.15) is 0 Å². The van der Waals surface area contributed by atoms with E-state index in [-0.39, 0.29) is 10.2 Å². The lowest BCUT2D eigenvalue weighted by atomic mass is 10.2. The second-order valence-corrected chi connectivity index (χ2v) is 3.32. The third-order valence-corrected chi connectivity index (χ3v) is 2.29. The van der Waals surface area contributed by atoms with E-state index in [1.54, 1.807) is 0 Å². The van der Waals surface area contributed by atoms with E-state index in [1.165, 1.54) is 19.2 Å². The van der Waals surface area contributed by atoms with E-state index in [4.69, 9.17) is 0 Å². The maximum Gasteiger partial charge on any atom is 0.388 e. The van der Waals surface area contributed by atoms with Crippen LogP contribution in [0, 0.1) is 20.2 Å². The van der Waals surface area contributed by atoms with Crippen molar-refractivity contribution in [3.63, 3.8) is 0 Å². The first kappa shape index (κ1) is 11.4. The van der Waals surface area contributed by atoms with E-state index in [9.17, 15) is 20.2 Å². The summed E-state index contributed by atoms with van der Waals surface area (Å²) in [5.41, 5.74) is -1.27. The molecule has 0 heterocycles. The van der Waals surface area contributed by atoms with Crippen LogP contribution >= 0.6 is 15.9 Å². The molecule has 0 radical (unpaired) electrons. The first-order chi connectivity index (χ1) is 6.99. The molecule has 1 rings (SSSR count). The largest absolute Gasteiger partial charge is 0.490 e. The molecule has 0 saturated heterocycles. The molecule has 1 aromatic carbocycles. The molecule has 0 N–H and O–H groups in total. The maximum absolute atomic E-state index is 10.7. The molecule has 0 aromatic heterocycles. The van der Waals surface area contributed by atoms with Gasteiger partial charge < -0.3 is 4.74 Å². The Morgan fingerprint density at radius 1 is 1.20 bits per heavy atom. The Morgan fingerprint density at radius 3 is 2.13 bits per heavy atom. The lowest BCUT2D eigenvalue weighted by Crippen LogP contribution is -2.00. The maximum atomic E-state index is 10.7. The number of nitro benzene ring substituents is 2. The fourth-order valence-electron chi connectivity index (χ4n) is 1.05. The SMILES string of the molecule is COc1ccc(Br)c([N+](=O)[O-])c1[N+](=O)[O-]. The van der Waals surface area contributed by atoms with E-state index in [0.29, 0.717) is 0 Å². The van der Waals surface area contributed by atoms with Gasteiger partial charge >= 0.3 is 11.4 Å². The zero-order valence-electron chi connectivity index (χ0n) is 7.47. The van der Waals surface area contributed by atoms with Crippen molar-refractivity contribution in [3.05, 3.63) is 36.8 Å². The molecule has 0 saturated carbocycles. The monoisotopic (exact) mass is 276 g/mol. The first-order valence-electron chi connectivity index (χ1n) is 3.64. The molecule has 0 spiro atoms. The number of methoxy groups -OCH3 is 1. The lowest BCUT2D eigenvalue weighted by Gasteiger charge is -2.02. The molecule has 0 aliphatic carbocycles. The van der Waals surface area contributed by atoms with Gasteiger partial charge in [0.2, 0.25) is 5.75 Å². The summed E-state index contributed by atoms with van der Waals surface area (Å²) in [4.78, 5) is 19.6. The number of ether oxygens (including phenoxy) is 1. The van der Waals surface area contributed by atoms with Crippen LogP contribution in [0.3, 0.4) is 0 Å². The smallest absolute Gasteiger partial charge is 0.388 e. The summed E-state index contributed by atoms with van der Waals surface area (Å²) < 4.78 is 4.73. The minimum Gasteiger partial charge on any atom is -0.490 e. The summed E-state index contributed by atoms with van der Waals surface area (Å²) in [5.74, 6) is -0.144. The second-order valence-electron chi connectivity index (χ2n) is 2.46. The van der Waals surface area contributed by atoms with Gasteiger partial charge in [-0.2, -0.15) is 0 Å². The average molecular weight is 277 g/mol. The van der Waals surface area contributed by atoms with Gasteiger partial charge in [-0.1, -0.05) is 0 Å². The van der Waals surface area contributed by atoms with E-state index in [2.05, 4.69) is 20.7 Å². The van der Waals surface area contributed by atoms with Crippen LogP contribution in [0.5, 0.6) is 5.75 Å². The third-order valence-electron chi connectivity index (χ3n) is 1.65. The normalized spacial score (nSPS) is 9.73. The Labute approximate surface area is 92.1 Å². The second kappa shape index (κ2) is 4.22. The predicted molar refractivity (Wildman–Crippen MR) is 54.0 cm³/mol. The van der Waals surface area contributed by atoms with Crippen molar-refractivity contribution >= 4 is 27.3 Å². The molecule has 0 bridgehead atoms. The summed E-state index contributed by atoms with van der Waals surface area (Å²) in [7, 11) is 1.21. The Bertz CT molecular complexity index is 434. The Morgan fingerprint density at radius 2 is 1.73 bits per heavy atom. The Balaban J connectivity index is 3.58. The fraction of sp³-hybridized carbons (Fsp3) is 0.143. The van der Waals surface area contributed by atoms with Gasteiger partial charge in [0.25, 0.3) is 0 Å². The van der Waals surface area contributed by atoms with E-state index < -0.39 is 21.2 Å². The standard InChI is InChI=1S/C7H5BrN2O5/c1-15-5-3-2-4(8)6(9(11)12)7(5)10(13)14/h2-3H,1H3. The van der Waals surface area contributed by atoms with E-state index in [0.717, 1.165) is 0 Å². The number of nitrogens with zero attached hydrogens (tertiary/aromatic N) is 2. The van der Waals surface area contributed by atoms with Crippen LogP contribution in [-0.2, 0) is 0 Å². The topological polar surface area (TPSA) is 95.5 Å². The average Bonchev–Trinajstić information content (AvgIpc) is 2.16. The summed E-state index contributed by atoms with van der Waals surface area (Å²) in [6.07, 6.45) is 0. The molecule has 8 heteroatoms. The van der Waals surface area contributed by atoms with Crippen LogP contribution in [0.25, 0.3) is 0 Å². The van der Waals surface area contributed by atoms with E-state index >= 15 is 0 Å². The highest BCUT2D eigenvalue weighted by Crippen LogP contribution is 2.41. The first-order valence-corrected chi connectivity index (χ1v) is 4.43. The summed E-state index contributed by atoms with van der Waals surface area (Å²) in [6.45, 7) is 0. The van der Waals surface area contributed by atoms with Gasteiger partial charge in [-0.25, -0.2) is 0 Å². The van der Waals surface area contributed by atoms with Gasteiger partial charge in [-0.15, -0.1) is 0 Å². The number of hydrogen-bond donors (Lipinski definition) is 0. The van der Waals surface area contributed by atoms with Crippen LogP contribution < -0.4 is 4.74 Å². The number of rotatable bonds is 3. The van der Waals surface area contributed by atoms with Crippen molar-refractivity contribution in [3.8, 4) is 5.75 Å². The molecule has 80 valence electrons. The Hall–Kier alpha value is -1.70. The fourth-order valence-corrected chi connectivity index (χ4v) is 1.52. The zero-order chi connectivity index (χ0) is 11.6. The van der Waals surface area contributed by atoms with Gasteiger partial charge in [0.15, 0.2) is 0 Å². The molecular weight excluding hydrogens is 272 g/mol. The minimum absolute atomic E-state index is 0.0417. The van der Waals surface area contributed by atoms with Gasteiger partial charge in [0, 0.05) is 0 Å². The van der Waals surface area contributed by atoms with Crippen molar-refractivity contribution in [1.82, 2.24) is 0 Å². The summed E-state index contributed by atoms with van der Waals surface area (Å²) >= 11 is 2.88. The van der Waals surface area contributed by atoms with Gasteiger partial charge in [0.1, 0.15) is 4.47 Å². The number of nitro groups is 2. The molecule has 1 aromatic rings. The van der Waals surface area contributed by atoms with E-state index in [1.807, 2.05) is 0 Å². The number of halogens is 1. The van der Waals surface area contributed by atoms with Crippen LogP contribution in [0.2, 0.25) is 0 Å². The molecule has 0 unspecified atom stereocenters. The predicted octanol–water partition coefficient (Wildman–Crippen LogP) is 2.27. The van der Waals surface area contributed by atoms with Crippen LogP contribution in [0.4, 0.5) is 11.4 Å². The van der Waals surface area contributed by atoms with Gasteiger partial charge in [-0.3, -0.25) is 20.2 Å². The zero-order valence-corrected chi connectivity index (χ0v) is 9.05. The molecule has 0 aliphatic rings. The molecule has 0 amide bonds. The highest BCUT2D eigenvalue weighted by atomic mass is 79.9. The molecule has 15 heavy (non-hydrogen) atoms. The van der Waals surface area contributed by atoms with Crippen molar-refractivity contribution in [1.29, 1.82) is 0 Å². The van der Waals surface area contributed by atoms with Crippen molar-refractivity contribution < 1.29 is 14.6 Å². The van der Waals surface area contributed by atoms with Gasteiger partial charge in [0.05, 0.1) is 17.0 Å². The number of hydrogen-bond acceptors (Lipinski definition) is 5. The van der Waals surface area contributed by atoms with Crippen LogP contribution in [0.15, 0.2) is 16.6 Å². The molecule has 0 fully saturated rings. The number of benzene rings is 1. The lowest BCUT2D eigenvalue weighted by molar-refractivity contribution is -0.423. The van der Waals surface area contributed by atoms with Crippen LogP contribution in [-0.4, -0.2) is 17.0 Å². The molecule has 0 aliphatic heterocycles. The highest BCUT2D eigenvalue weighted by Gasteiger charge is 2.32. The third kappa shape index (κ3) is 2.04. The molecule has 0 atom stereocenters. The molecular formula is C7H5BrN2O5. The highest BCUT2D eigenvalue weighted by molar-refractivity contribution is 9.10. The molecule has 7 nitrogen and oxygen atoms in total. The van der Waals surface area contributed by atoms with Gasteiger partial charge in [-0.05, 0) is 28.1 Å². The van der Waals surface area contributed by atoms with Crippen molar-refractivity contribution in [2.75, 3.05) is 7.11 Å². The minimum atomic E-state index is -0.846. The van der Waals surface area contributed by atoms with Crippen molar-refractivity contribution in [2.45, 2.75) is 0 Å². The quantitative estimate of drug-likeness (QED) is 0.623. The van der Waals surface area contributed by atoms with Crippen molar-refractivity contribution in [2.24, 2.45) is 0 Å². The Kier molecular flexibility index (Phi) is 3.20. The summed E-state index contributed by atoms with van der Waals surface area (Å²) in [5, 5.41) is 21.3. The summed E-state index contributed by atoms with van der Waals surface area (Å²) in [6, 6.07) is 2.61.